The Bertz CT molecular complexity index is 469. The number of nitrogens with one attached hydrogen (secondary N) is 1. The van der Waals surface area contributed by atoms with Gasteiger partial charge in [-0.15, -0.1) is 11.3 Å². The standard InChI is InChI=1S/C13H17NO3S/c1-7-3-4-18-12(7)9-6-10(9)13(17)14-8(2)5-11(15)16/h3-4,8-10H,5-6H2,1-2H3,(H,14,17)(H,15,16). The second-order valence-electron chi connectivity index (χ2n) is 4.92. The highest BCUT2D eigenvalue weighted by molar-refractivity contribution is 7.10. The van der Waals surface area contributed by atoms with E-state index < -0.39 is 5.97 Å². The fourth-order valence-electron chi connectivity index (χ4n) is 2.20. The van der Waals surface area contributed by atoms with Crippen LogP contribution in [0.3, 0.4) is 0 Å². The lowest BCUT2D eigenvalue weighted by Gasteiger charge is -2.11. The van der Waals surface area contributed by atoms with E-state index in [1.165, 1.54) is 10.4 Å². The summed E-state index contributed by atoms with van der Waals surface area (Å²) >= 11 is 1.70. The molecular formula is C13H17NO3S. The highest BCUT2D eigenvalue weighted by atomic mass is 32.1. The molecule has 1 aromatic heterocycles. The highest BCUT2D eigenvalue weighted by Gasteiger charge is 2.45. The number of aliphatic carboxylic acids is 1. The van der Waals surface area contributed by atoms with Crippen molar-refractivity contribution in [2.75, 3.05) is 0 Å². The van der Waals surface area contributed by atoms with Crippen LogP contribution in [0.4, 0.5) is 0 Å². The quantitative estimate of drug-likeness (QED) is 0.859. The minimum absolute atomic E-state index is 0.0125. The van der Waals surface area contributed by atoms with E-state index in [2.05, 4.69) is 18.3 Å². The van der Waals surface area contributed by atoms with Crippen LogP contribution < -0.4 is 5.32 Å². The summed E-state index contributed by atoms with van der Waals surface area (Å²) in [6.07, 6.45) is 0.855. The summed E-state index contributed by atoms with van der Waals surface area (Å²) in [4.78, 5) is 23.7. The third kappa shape index (κ3) is 2.90. The lowest BCUT2D eigenvalue weighted by molar-refractivity contribution is -0.137. The van der Waals surface area contributed by atoms with E-state index in [0.29, 0.717) is 5.92 Å². The predicted octanol–water partition coefficient (Wildman–Crippen LogP) is 2.14. The predicted molar refractivity (Wildman–Crippen MR) is 69.8 cm³/mol. The molecule has 1 aliphatic carbocycles. The Labute approximate surface area is 110 Å². The molecule has 1 amide bonds. The second kappa shape index (κ2) is 5.10. The molecule has 18 heavy (non-hydrogen) atoms. The van der Waals surface area contributed by atoms with Crippen LogP contribution in [0.5, 0.6) is 0 Å². The zero-order chi connectivity index (χ0) is 13.3. The van der Waals surface area contributed by atoms with Crippen LogP contribution in [-0.4, -0.2) is 23.0 Å². The Kier molecular flexibility index (Phi) is 3.71. The van der Waals surface area contributed by atoms with Gasteiger partial charge in [0, 0.05) is 22.8 Å². The van der Waals surface area contributed by atoms with Crippen molar-refractivity contribution in [2.24, 2.45) is 5.92 Å². The fourth-order valence-corrected chi connectivity index (χ4v) is 3.31. The molecule has 0 saturated heterocycles. The lowest BCUT2D eigenvalue weighted by atomic mass is 10.2. The van der Waals surface area contributed by atoms with Crippen molar-refractivity contribution in [3.05, 3.63) is 21.9 Å². The van der Waals surface area contributed by atoms with Crippen molar-refractivity contribution in [2.45, 2.75) is 38.6 Å². The van der Waals surface area contributed by atoms with E-state index in [4.69, 9.17) is 5.11 Å². The van der Waals surface area contributed by atoms with Gasteiger partial charge in [-0.3, -0.25) is 9.59 Å². The van der Waals surface area contributed by atoms with Crippen molar-refractivity contribution < 1.29 is 14.7 Å². The Morgan fingerprint density at radius 1 is 1.61 bits per heavy atom. The van der Waals surface area contributed by atoms with Gasteiger partial charge < -0.3 is 10.4 Å². The Balaban J connectivity index is 1.86. The van der Waals surface area contributed by atoms with Gasteiger partial charge in [0.25, 0.3) is 0 Å². The van der Waals surface area contributed by atoms with Gasteiger partial charge in [0.2, 0.25) is 5.91 Å². The normalized spacial score (nSPS) is 23.4. The molecule has 2 N–H and O–H groups in total. The molecule has 1 fully saturated rings. The van der Waals surface area contributed by atoms with Crippen molar-refractivity contribution in [1.29, 1.82) is 0 Å². The van der Waals surface area contributed by atoms with Crippen LogP contribution in [-0.2, 0) is 9.59 Å². The largest absolute Gasteiger partial charge is 0.481 e. The fraction of sp³-hybridized carbons (Fsp3) is 0.538. The average molecular weight is 267 g/mol. The Hall–Kier alpha value is -1.36. The number of thiophene rings is 1. The zero-order valence-electron chi connectivity index (χ0n) is 10.5. The third-order valence-electron chi connectivity index (χ3n) is 3.24. The highest BCUT2D eigenvalue weighted by Crippen LogP contribution is 2.50. The van der Waals surface area contributed by atoms with Crippen molar-refractivity contribution in [3.63, 3.8) is 0 Å². The van der Waals surface area contributed by atoms with Gasteiger partial charge in [0.05, 0.1) is 6.42 Å². The molecule has 0 spiro atoms. The molecule has 1 heterocycles. The maximum atomic E-state index is 11.9. The number of carboxylic acids is 1. The maximum Gasteiger partial charge on any atom is 0.305 e. The Morgan fingerprint density at radius 2 is 2.33 bits per heavy atom. The number of hydrogen-bond acceptors (Lipinski definition) is 3. The molecule has 1 saturated carbocycles. The molecule has 1 aliphatic rings. The molecule has 0 radical (unpaired) electrons. The zero-order valence-corrected chi connectivity index (χ0v) is 11.3. The molecule has 3 atom stereocenters. The summed E-state index contributed by atoms with van der Waals surface area (Å²) in [5, 5.41) is 13.5. The van der Waals surface area contributed by atoms with Crippen molar-refractivity contribution >= 4 is 23.2 Å². The SMILES string of the molecule is Cc1ccsc1C1CC1C(=O)NC(C)CC(=O)O. The Morgan fingerprint density at radius 3 is 2.89 bits per heavy atom. The number of carboxylic acid groups (broad SMARTS) is 1. The summed E-state index contributed by atoms with van der Waals surface area (Å²) in [5.74, 6) is -0.536. The smallest absolute Gasteiger partial charge is 0.305 e. The molecule has 0 aromatic carbocycles. The molecular weight excluding hydrogens is 250 g/mol. The maximum absolute atomic E-state index is 11.9. The number of carbonyl (C=O) groups excluding carboxylic acids is 1. The summed E-state index contributed by atoms with van der Waals surface area (Å²) in [6.45, 7) is 3.78. The van der Waals surface area contributed by atoms with Gasteiger partial charge in [-0.1, -0.05) is 0 Å². The average Bonchev–Trinajstić information content (AvgIpc) is 2.93. The van der Waals surface area contributed by atoms with Crippen LogP contribution in [0.1, 0.15) is 36.1 Å². The van der Waals surface area contributed by atoms with Gasteiger partial charge in [-0.25, -0.2) is 0 Å². The van der Waals surface area contributed by atoms with Gasteiger partial charge in [-0.05, 0) is 37.3 Å². The first-order chi connectivity index (χ1) is 8.49. The molecule has 5 heteroatoms. The van der Waals surface area contributed by atoms with Crippen LogP contribution >= 0.6 is 11.3 Å². The van der Waals surface area contributed by atoms with Gasteiger partial charge >= 0.3 is 5.97 Å². The van der Waals surface area contributed by atoms with Crippen molar-refractivity contribution in [3.8, 4) is 0 Å². The van der Waals surface area contributed by atoms with E-state index in [0.717, 1.165) is 6.42 Å². The molecule has 4 nitrogen and oxygen atoms in total. The third-order valence-corrected chi connectivity index (χ3v) is 4.39. The van der Waals surface area contributed by atoms with E-state index in [9.17, 15) is 9.59 Å². The van der Waals surface area contributed by atoms with Crippen LogP contribution in [0.25, 0.3) is 0 Å². The molecule has 0 bridgehead atoms. The monoisotopic (exact) mass is 267 g/mol. The number of aryl methyl sites for hydroxylation is 1. The second-order valence-corrected chi connectivity index (χ2v) is 5.87. The van der Waals surface area contributed by atoms with Crippen LogP contribution in [0, 0.1) is 12.8 Å². The van der Waals surface area contributed by atoms with E-state index in [-0.39, 0.29) is 24.3 Å². The molecule has 1 aromatic rings. The summed E-state index contributed by atoms with van der Waals surface area (Å²) in [5.41, 5.74) is 1.25. The first-order valence-corrected chi connectivity index (χ1v) is 6.93. The minimum atomic E-state index is -0.885. The molecule has 3 unspecified atom stereocenters. The number of carbonyl (C=O) groups is 2. The number of rotatable bonds is 5. The minimum Gasteiger partial charge on any atom is -0.481 e. The van der Waals surface area contributed by atoms with E-state index in [1.54, 1.807) is 18.3 Å². The van der Waals surface area contributed by atoms with Crippen LogP contribution in [0.2, 0.25) is 0 Å². The first kappa shape index (κ1) is 13.1. The van der Waals surface area contributed by atoms with Gasteiger partial charge in [0.1, 0.15) is 0 Å². The lowest BCUT2D eigenvalue weighted by Crippen LogP contribution is -2.35. The van der Waals surface area contributed by atoms with E-state index >= 15 is 0 Å². The molecule has 2 rings (SSSR count). The topological polar surface area (TPSA) is 66.4 Å². The number of hydrogen-bond donors (Lipinski definition) is 2. The molecule has 98 valence electrons. The van der Waals surface area contributed by atoms with E-state index in [1.807, 2.05) is 5.38 Å². The van der Waals surface area contributed by atoms with Crippen molar-refractivity contribution in [1.82, 2.24) is 5.32 Å². The summed E-state index contributed by atoms with van der Waals surface area (Å²) < 4.78 is 0. The first-order valence-electron chi connectivity index (χ1n) is 6.05. The van der Waals surface area contributed by atoms with Gasteiger partial charge in [-0.2, -0.15) is 0 Å². The summed E-state index contributed by atoms with van der Waals surface area (Å²) in [7, 11) is 0. The molecule has 0 aliphatic heterocycles. The van der Waals surface area contributed by atoms with Crippen LogP contribution in [0.15, 0.2) is 11.4 Å². The number of amides is 1. The summed E-state index contributed by atoms with van der Waals surface area (Å²) in [6, 6.07) is 1.76. The van der Waals surface area contributed by atoms with Gasteiger partial charge in [0.15, 0.2) is 0 Å².